The van der Waals surface area contributed by atoms with Gasteiger partial charge in [-0.25, -0.2) is 12.8 Å². The molecule has 186 valence electrons. The molecule has 3 aromatic rings. The highest BCUT2D eigenvalue weighted by atomic mass is 35.5. The van der Waals surface area contributed by atoms with E-state index in [9.17, 15) is 17.6 Å². The molecule has 0 spiro atoms. The van der Waals surface area contributed by atoms with E-state index in [1.807, 2.05) is 0 Å². The van der Waals surface area contributed by atoms with Crippen LogP contribution in [0.15, 0.2) is 53.6 Å². The highest BCUT2D eigenvalue weighted by molar-refractivity contribution is 7.89. The quantitative estimate of drug-likeness (QED) is 0.398. The van der Waals surface area contributed by atoms with Gasteiger partial charge < -0.3 is 9.47 Å². The molecule has 1 aromatic heterocycles. The number of rotatable bonds is 8. The SMILES string of the molecule is CCOC(=O)Cn1ncc2c1CCC[C@H]2N(C)S(=O)(=O)c1ccc(Oc2ccc(F)cc2)c(Cl)c1. The summed E-state index contributed by atoms with van der Waals surface area (Å²) in [6.07, 6.45) is 3.68. The molecule has 2 aromatic carbocycles. The second-order valence-electron chi connectivity index (χ2n) is 8.09. The normalized spacial score (nSPS) is 15.6. The van der Waals surface area contributed by atoms with E-state index < -0.39 is 21.9 Å². The number of sulfonamides is 1. The molecule has 1 atom stereocenters. The van der Waals surface area contributed by atoms with Crippen LogP contribution in [0.5, 0.6) is 11.5 Å². The first-order valence-corrected chi connectivity index (χ1v) is 12.9. The molecule has 0 unspecified atom stereocenters. The Bertz CT molecular complexity index is 1330. The number of ether oxygens (including phenoxy) is 2. The molecule has 8 nitrogen and oxygen atoms in total. The Morgan fingerprint density at radius 2 is 2.00 bits per heavy atom. The summed E-state index contributed by atoms with van der Waals surface area (Å²) >= 11 is 6.33. The van der Waals surface area contributed by atoms with Crippen LogP contribution in [-0.2, 0) is 32.5 Å². The van der Waals surface area contributed by atoms with Gasteiger partial charge in [0, 0.05) is 18.3 Å². The molecule has 0 saturated heterocycles. The molecular formula is C24H25ClFN3O5S. The smallest absolute Gasteiger partial charge is 0.327 e. The van der Waals surface area contributed by atoms with Gasteiger partial charge in [0.15, 0.2) is 0 Å². The van der Waals surface area contributed by atoms with E-state index in [2.05, 4.69) is 5.10 Å². The van der Waals surface area contributed by atoms with E-state index in [0.29, 0.717) is 18.6 Å². The highest BCUT2D eigenvalue weighted by Gasteiger charge is 2.34. The van der Waals surface area contributed by atoms with Crippen LogP contribution in [0.3, 0.4) is 0 Å². The van der Waals surface area contributed by atoms with Crippen LogP contribution in [0, 0.1) is 5.82 Å². The number of nitrogens with zero attached hydrogens (tertiary/aromatic N) is 3. The number of halogens is 2. The third kappa shape index (κ3) is 5.34. The van der Waals surface area contributed by atoms with Gasteiger partial charge >= 0.3 is 5.97 Å². The van der Waals surface area contributed by atoms with Crippen LogP contribution in [0.1, 0.15) is 37.1 Å². The summed E-state index contributed by atoms with van der Waals surface area (Å²) in [5.41, 5.74) is 1.60. The molecule has 0 saturated carbocycles. The monoisotopic (exact) mass is 521 g/mol. The largest absolute Gasteiger partial charge is 0.465 e. The molecule has 0 amide bonds. The van der Waals surface area contributed by atoms with E-state index >= 15 is 0 Å². The maximum absolute atomic E-state index is 13.5. The molecular weight excluding hydrogens is 497 g/mol. The Labute approximate surface area is 208 Å². The zero-order valence-corrected chi connectivity index (χ0v) is 20.9. The summed E-state index contributed by atoms with van der Waals surface area (Å²) in [5.74, 6) is -0.167. The Hall–Kier alpha value is -2.95. The van der Waals surface area contributed by atoms with Crippen molar-refractivity contribution in [2.24, 2.45) is 0 Å². The summed E-state index contributed by atoms with van der Waals surface area (Å²) in [5, 5.41) is 4.42. The lowest BCUT2D eigenvalue weighted by Gasteiger charge is -2.31. The second kappa shape index (κ2) is 10.3. The molecule has 1 heterocycles. The lowest BCUT2D eigenvalue weighted by atomic mass is 9.93. The zero-order valence-electron chi connectivity index (χ0n) is 19.3. The maximum Gasteiger partial charge on any atom is 0.327 e. The van der Waals surface area contributed by atoms with Crippen molar-refractivity contribution in [1.29, 1.82) is 0 Å². The van der Waals surface area contributed by atoms with Crippen LogP contribution >= 0.6 is 11.6 Å². The standard InChI is InChI=1S/C24H25ClFN3O5S/c1-3-33-24(30)15-29-22-6-4-5-21(19(22)14-27-29)28(2)35(31,32)18-11-12-23(20(25)13-18)34-17-9-7-16(26)8-10-17/h7-14,21H,3-6,15H2,1-2H3/t21-/m1/s1. The van der Waals surface area contributed by atoms with Gasteiger partial charge in [-0.05, 0) is 68.7 Å². The van der Waals surface area contributed by atoms with Crippen LogP contribution in [-0.4, -0.2) is 42.1 Å². The summed E-state index contributed by atoms with van der Waals surface area (Å²) in [6.45, 7) is 2.00. The van der Waals surface area contributed by atoms with Gasteiger partial charge in [0.2, 0.25) is 10.0 Å². The van der Waals surface area contributed by atoms with Crippen molar-refractivity contribution >= 4 is 27.6 Å². The second-order valence-corrected chi connectivity index (χ2v) is 10.5. The third-order valence-electron chi connectivity index (χ3n) is 5.88. The molecule has 0 aliphatic heterocycles. The van der Waals surface area contributed by atoms with Crippen molar-refractivity contribution in [3.8, 4) is 11.5 Å². The average molecular weight is 522 g/mol. The lowest BCUT2D eigenvalue weighted by Crippen LogP contribution is -2.33. The molecule has 1 aliphatic carbocycles. The molecule has 0 radical (unpaired) electrons. The minimum atomic E-state index is -3.91. The molecule has 0 bridgehead atoms. The maximum atomic E-state index is 13.5. The topological polar surface area (TPSA) is 90.7 Å². The van der Waals surface area contributed by atoms with Crippen molar-refractivity contribution in [1.82, 2.24) is 14.1 Å². The first kappa shape index (κ1) is 25.2. The van der Waals surface area contributed by atoms with E-state index in [0.717, 1.165) is 17.7 Å². The average Bonchev–Trinajstić information content (AvgIpc) is 3.24. The van der Waals surface area contributed by atoms with Gasteiger partial charge in [0.05, 0.1) is 28.8 Å². The van der Waals surface area contributed by atoms with E-state index in [1.54, 1.807) is 17.8 Å². The van der Waals surface area contributed by atoms with Crippen molar-refractivity contribution in [3.63, 3.8) is 0 Å². The first-order chi connectivity index (χ1) is 16.7. The Kier molecular flexibility index (Phi) is 7.44. The minimum absolute atomic E-state index is 0.0162. The number of esters is 1. The first-order valence-electron chi connectivity index (χ1n) is 11.1. The van der Waals surface area contributed by atoms with Gasteiger partial charge in [0.25, 0.3) is 0 Å². The minimum Gasteiger partial charge on any atom is -0.465 e. The molecule has 1 aliphatic rings. The number of benzene rings is 2. The number of hydrogen-bond donors (Lipinski definition) is 0. The Morgan fingerprint density at radius 3 is 2.69 bits per heavy atom. The predicted octanol–water partition coefficient (Wildman–Crippen LogP) is 4.73. The van der Waals surface area contributed by atoms with Crippen LogP contribution in [0.2, 0.25) is 5.02 Å². The van der Waals surface area contributed by atoms with Gasteiger partial charge in [-0.1, -0.05) is 11.6 Å². The van der Waals surface area contributed by atoms with Gasteiger partial charge in [-0.3, -0.25) is 9.48 Å². The van der Waals surface area contributed by atoms with Gasteiger partial charge in [0.1, 0.15) is 23.9 Å². The molecule has 4 rings (SSSR count). The van der Waals surface area contributed by atoms with Crippen LogP contribution < -0.4 is 4.74 Å². The third-order valence-corrected chi connectivity index (χ3v) is 8.03. The van der Waals surface area contributed by atoms with Gasteiger partial charge in [-0.15, -0.1) is 0 Å². The Balaban J connectivity index is 1.56. The van der Waals surface area contributed by atoms with Crippen molar-refractivity contribution in [2.45, 2.75) is 43.7 Å². The Morgan fingerprint density at radius 1 is 1.26 bits per heavy atom. The van der Waals surface area contributed by atoms with Gasteiger partial charge in [-0.2, -0.15) is 9.40 Å². The zero-order chi connectivity index (χ0) is 25.2. The van der Waals surface area contributed by atoms with E-state index in [1.165, 1.54) is 53.8 Å². The number of carbonyl (C=O) groups is 1. The van der Waals surface area contributed by atoms with Crippen molar-refractivity contribution in [2.75, 3.05) is 13.7 Å². The highest BCUT2D eigenvalue weighted by Crippen LogP contribution is 2.38. The predicted molar refractivity (Wildman–Crippen MR) is 127 cm³/mol. The summed E-state index contributed by atoms with van der Waals surface area (Å²) in [6, 6.07) is 9.20. The fourth-order valence-electron chi connectivity index (χ4n) is 4.13. The summed E-state index contributed by atoms with van der Waals surface area (Å²) < 4.78 is 53.6. The number of aromatic nitrogens is 2. The van der Waals surface area contributed by atoms with E-state index in [-0.39, 0.29) is 34.8 Å². The summed E-state index contributed by atoms with van der Waals surface area (Å²) in [4.78, 5) is 11.9. The number of fused-ring (bicyclic) bond motifs is 1. The molecule has 0 fully saturated rings. The molecule has 0 N–H and O–H groups in total. The van der Waals surface area contributed by atoms with Crippen molar-refractivity contribution < 1.29 is 27.1 Å². The van der Waals surface area contributed by atoms with Crippen LogP contribution in [0.4, 0.5) is 4.39 Å². The van der Waals surface area contributed by atoms with Crippen LogP contribution in [0.25, 0.3) is 0 Å². The fraction of sp³-hybridized carbons (Fsp3) is 0.333. The number of hydrogen-bond acceptors (Lipinski definition) is 6. The molecule has 35 heavy (non-hydrogen) atoms. The molecule has 11 heteroatoms. The number of carbonyl (C=O) groups excluding carboxylic acids is 1. The van der Waals surface area contributed by atoms with Crippen molar-refractivity contribution in [3.05, 3.63) is 70.8 Å². The van der Waals surface area contributed by atoms with E-state index in [4.69, 9.17) is 21.1 Å². The lowest BCUT2D eigenvalue weighted by molar-refractivity contribution is -0.144. The summed E-state index contributed by atoms with van der Waals surface area (Å²) in [7, 11) is -2.38. The fourth-order valence-corrected chi connectivity index (χ4v) is 5.80.